The van der Waals surface area contributed by atoms with Gasteiger partial charge in [-0.1, -0.05) is 30.3 Å². The highest BCUT2D eigenvalue weighted by Gasteiger charge is 2.32. The number of amides is 2. The summed E-state index contributed by atoms with van der Waals surface area (Å²) in [5.74, 6) is -0.932. The van der Waals surface area contributed by atoms with Crippen molar-refractivity contribution in [3.8, 4) is 0 Å². The largest absolute Gasteiger partial charge is 0.459 e. The zero-order valence-corrected chi connectivity index (χ0v) is 19.5. The molecule has 1 aliphatic heterocycles. The van der Waals surface area contributed by atoms with Gasteiger partial charge in [0, 0.05) is 18.8 Å². The molecule has 1 fully saturated rings. The molecule has 32 heavy (non-hydrogen) atoms. The normalized spacial score (nSPS) is 17.2. The van der Waals surface area contributed by atoms with E-state index >= 15 is 0 Å². The summed E-state index contributed by atoms with van der Waals surface area (Å²) in [4.78, 5) is 43.4. The number of nitrogens with one attached hydrogen (secondary N) is 2. The molecule has 1 aliphatic rings. The van der Waals surface area contributed by atoms with Crippen molar-refractivity contribution in [3.63, 3.8) is 0 Å². The molecule has 0 radical (unpaired) electrons. The standard InChI is InChI=1S/C25H33N3O4/c1-15(2)32-25(31)21-16(3)22(26-18(21)5)24(30)28-13-9-12-20(14-28)23(29)27-17(4)19-10-7-6-8-11-19/h6-8,10-11,15,17,20,26H,9,12-14H2,1-5H3,(H,27,29)/t17-,20-/m1/s1. The van der Waals surface area contributed by atoms with Gasteiger partial charge in [-0.2, -0.15) is 0 Å². The number of benzene rings is 1. The third-order valence-corrected chi connectivity index (χ3v) is 5.94. The second-order valence-corrected chi connectivity index (χ2v) is 8.81. The lowest BCUT2D eigenvalue weighted by atomic mass is 9.95. The molecule has 2 amide bonds. The molecule has 1 aromatic carbocycles. The van der Waals surface area contributed by atoms with Crippen LogP contribution in [0.25, 0.3) is 0 Å². The Bertz CT molecular complexity index is 981. The summed E-state index contributed by atoms with van der Waals surface area (Å²) in [5, 5.41) is 3.08. The maximum Gasteiger partial charge on any atom is 0.340 e. The van der Waals surface area contributed by atoms with Crippen molar-refractivity contribution in [2.75, 3.05) is 13.1 Å². The third kappa shape index (κ3) is 5.21. The van der Waals surface area contributed by atoms with Crippen molar-refractivity contribution in [3.05, 3.63) is 58.4 Å². The van der Waals surface area contributed by atoms with E-state index in [-0.39, 0.29) is 29.9 Å². The Labute approximate surface area is 189 Å². The van der Waals surface area contributed by atoms with Crippen LogP contribution in [0.15, 0.2) is 30.3 Å². The Balaban J connectivity index is 1.69. The quantitative estimate of drug-likeness (QED) is 0.667. The fourth-order valence-electron chi connectivity index (χ4n) is 4.23. The fourth-order valence-corrected chi connectivity index (χ4v) is 4.23. The molecule has 2 N–H and O–H groups in total. The van der Waals surface area contributed by atoms with Crippen LogP contribution in [0.3, 0.4) is 0 Å². The van der Waals surface area contributed by atoms with Crippen LogP contribution in [-0.4, -0.2) is 46.9 Å². The summed E-state index contributed by atoms with van der Waals surface area (Å²) in [6.07, 6.45) is 1.26. The first-order chi connectivity index (χ1) is 15.2. The number of esters is 1. The van der Waals surface area contributed by atoms with E-state index in [1.165, 1.54) is 0 Å². The van der Waals surface area contributed by atoms with Crippen LogP contribution in [0.4, 0.5) is 0 Å². The number of rotatable bonds is 6. The molecule has 7 nitrogen and oxygen atoms in total. The number of aryl methyl sites for hydroxylation is 1. The first-order valence-electron chi connectivity index (χ1n) is 11.2. The molecular weight excluding hydrogens is 406 g/mol. The lowest BCUT2D eigenvalue weighted by Gasteiger charge is -2.32. The number of H-pyrrole nitrogens is 1. The summed E-state index contributed by atoms with van der Waals surface area (Å²) in [5.41, 5.74) is 3.03. The molecule has 0 bridgehead atoms. The molecule has 3 rings (SSSR count). The van der Waals surface area contributed by atoms with Crippen molar-refractivity contribution in [1.29, 1.82) is 0 Å². The lowest BCUT2D eigenvalue weighted by molar-refractivity contribution is -0.127. The van der Waals surface area contributed by atoms with Gasteiger partial charge < -0.3 is 19.9 Å². The number of hydrogen-bond donors (Lipinski definition) is 2. The molecule has 0 unspecified atom stereocenters. The summed E-state index contributed by atoms with van der Waals surface area (Å²) < 4.78 is 5.32. The molecule has 0 spiro atoms. The van der Waals surface area contributed by atoms with Crippen molar-refractivity contribution in [1.82, 2.24) is 15.2 Å². The number of hydrogen-bond acceptors (Lipinski definition) is 4. The molecule has 2 aromatic rings. The summed E-state index contributed by atoms with van der Waals surface area (Å²) in [7, 11) is 0. The van der Waals surface area contributed by atoms with E-state index in [1.807, 2.05) is 37.3 Å². The highest BCUT2D eigenvalue weighted by Crippen LogP contribution is 2.24. The average molecular weight is 440 g/mol. The van der Waals surface area contributed by atoms with E-state index in [9.17, 15) is 14.4 Å². The lowest BCUT2D eigenvalue weighted by Crippen LogP contribution is -2.46. The van der Waals surface area contributed by atoms with Crippen LogP contribution in [-0.2, 0) is 9.53 Å². The van der Waals surface area contributed by atoms with E-state index in [0.717, 1.165) is 18.4 Å². The maximum atomic E-state index is 13.3. The van der Waals surface area contributed by atoms with Gasteiger partial charge in [0.2, 0.25) is 5.91 Å². The first kappa shape index (κ1) is 23.6. The number of likely N-dealkylation sites (tertiary alicyclic amines) is 1. The average Bonchev–Trinajstić information content (AvgIpc) is 3.07. The SMILES string of the molecule is Cc1[nH]c(C(=O)N2CCC[C@@H](C(=O)N[C@H](C)c3ccccc3)C2)c(C)c1C(=O)OC(C)C. The van der Waals surface area contributed by atoms with Gasteiger partial charge in [-0.25, -0.2) is 4.79 Å². The first-order valence-corrected chi connectivity index (χ1v) is 11.2. The number of carbonyl (C=O) groups is 3. The van der Waals surface area contributed by atoms with Crippen LogP contribution in [0.1, 0.15) is 77.3 Å². The van der Waals surface area contributed by atoms with E-state index < -0.39 is 5.97 Å². The highest BCUT2D eigenvalue weighted by molar-refractivity contribution is 6.00. The van der Waals surface area contributed by atoms with E-state index in [4.69, 9.17) is 4.74 Å². The molecule has 0 saturated carbocycles. The molecule has 7 heteroatoms. The van der Waals surface area contributed by atoms with Crippen LogP contribution >= 0.6 is 0 Å². The van der Waals surface area contributed by atoms with Gasteiger partial charge in [0.15, 0.2) is 0 Å². The van der Waals surface area contributed by atoms with E-state index in [0.29, 0.717) is 35.6 Å². The van der Waals surface area contributed by atoms with Gasteiger partial charge in [-0.3, -0.25) is 9.59 Å². The Morgan fingerprint density at radius 1 is 1.12 bits per heavy atom. The minimum atomic E-state index is -0.434. The zero-order valence-electron chi connectivity index (χ0n) is 19.5. The number of ether oxygens (including phenoxy) is 1. The predicted molar refractivity (Wildman–Crippen MR) is 122 cm³/mol. The maximum absolute atomic E-state index is 13.3. The number of nitrogens with zero attached hydrogens (tertiary/aromatic N) is 1. The summed E-state index contributed by atoms with van der Waals surface area (Å²) in [6, 6.07) is 9.72. The highest BCUT2D eigenvalue weighted by atomic mass is 16.5. The number of aromatic amines is 1. The number of piperidine rings is 1. The zero-order chi connectivity index (χ0) is 23.4. The van der Waals surface area contributed by atoms with Crippen LogP contribution in [0.5, 0.6) is 0 Å². The Hall–Kier alpha value is -3.09. The molecule has 1 aromatic heterocycles. The molecule has 2 atom stereocenters. The van der Waals surface area contributed by atoms with Crippen molar-refractivity contribution < 1.29 is 19.1 Å². The monoisotopic (exact) mass is 439 g/mol. The van der Waals surface area contributed by atoms with Crippen molar-refractivity contribution in [2.24, 2.45) is 5.92 Å². The van der Waals surface area contributed by atoms with Crippen LogP contribution < -0.4 is 5.32 Å². The Kier molecular flexibility index (Phi) is 7.38. The van der Waals surface area contributed by atoms with Gasteiger partial charge in [-0.05, 0) is 58.6 Å². The molecule has 1 saturated heterocycles. The summed E-state index contributed by atoms with van der Waals surface area (Å²) in [6.45, 7) is 10.00. The fraction of sp³-hybridized carbons (Fsp3) is 0.480. The van der Waals surface area contributed by atoms with Crippen molar-refractivity contribution in [2.45, 2.75) is 59.6 Å². The van der Waals surface area contributed by atoms with Crippen LogP contribution in [0.2, 0.25) is 0 Å². The smallest absolute Gasteiger partial charge is 0.340 e. The minimum Gasteiger partial charge on any atom is -0.459 e. The van der Waals surface area contributed by atoms with Gasteiger partial charge in [0.05, 0.1) is 23.6 Å². The third-order valence-electron chi connectivity index (χ3n) is 5.94. The van der Waals surface area contributed by atoms with Crippen molar-refractivity contribution >= 4 is 17.8 Å². The van der Waals surface area contributed by atoms with Gasteiger partial charge in [-0.15, -0.1) is 0 Å². The molecule has 172 valence electrons. The van der Waals surface area contributed by atoms with E-state index in [1.54, 1.807) is 32.6 Å². The second-order valence-electron chi connectivity index (χ2n) is 8.81. The Morgan fingerprint density at radius 3 is 2.47 bits per heavy atom. The van der Waals surface area contributed by atoms with E-state index in [2.05, 4.69) is 10.3 Å². The Morgan fingerprint density at radius 2 is 1.81 bits per heavy atom. The number of carbonyl (C=O) groups excluding carboxylic acids is 3. The second kappa shape index (κ2) is 10.0. The number of aromatic nitrogens is 1. The molecular formula is C25H33N3O4. The van der Waals surface area contributed by atoms with Crippen LogP contribution in [0, 0.1) is 19.8 Å². The topological polar surface area (TPSA) is 91.5 Å². The van der Waals surface area contributed by atoms with Gasteiger partial charge in [0.1, 0.15) is 5.69 Å². The molecule has 2 heterocycles. The predicted octanol–water partition coefficient (Wildman–Crippen LogP) is 3.93. The summed E-state index contributed by atoms with van der Waals surface area (Å²) >= 11 is 0. The molecule has 0 aliphatic carbocycles. The van der Waals surface area contributed by atoms with Gasteiger partial charge in [0.25, 0.3) is 5.91 Å². The minimum absolute atomic E-state index is 0.0422. The van der Waals surface area contributed by atoms with Gasteiger partial charge >= 0.3 is 5.97 Å².